The van der Waals surface area contributed by atoms with Gasteiger partial charge in [0.25, 0.3) is 0 Å². The molecule has 1 rings (SSSR count). The van der Waals surface area contributed by atoms with Crippen molar-refractivity contribution in [3.8, 4) is 0 Å². The van der Waals surface area contributed by atoms with Crippen LogP contribution in [0.15, 0.2) is 6.33 Å². The molecule has 0 saturated carbocycles. The molecule has 0 aromatic carbocycles. The fourth-order valence-corrected chi connectivity index (χ4v) is 1.10. The fourth-order valence-electron chi connectivity index (χ4n) is 1.10. The van der Waals surface area contributed by atoms with Gasteiger partial charge in [0.1, 0.15) is 6.33 Å². The molecular weight excluding hydrogens is 226 g/mol. The van der Waals surface area contributed by atoms with E-state index in [4.69, 9.17) is 5.73 Å². The summed E-state index contributed by atoms with van der Waals surface area (Å²) in [6.07, 6.45) is 1.64. The first kappa shape index (κ1) is 13.1. The topological polar surface area (TPSA) is 127 Å². The molecule has 0 aliphatic carbocycles. The first-order valence-corrected chi connectivity index (χ1v) is 5.08. The van der Waals surface area contributed by atoms with Gasteiger partial charge in [-0.05, 0) is 13.3 Å². The van der Waals surface area contributed by atoms with Gasteiger partial charge in [-0.2, -0.15) is 0 Å². The highest BCUT2D eigenvalue weighted by molar-refractivity contribution is 5.67. The van der Waals surface area contributed by atoms with Gasteiger partial charge < -0.3 is 16.2 Å². The van der Waals surface area contributed by atoms with Gasteiger partial charge in [0.15, 0.2) is 0 Å². The summed E-state index contributed by atoms with van der Waals surface area (Å²) in [6, 6.07) is 0. The van der Waals surface area contributed by atoms with Gasteiger partial charge in [-0.1, -0.05) is 6.92 Å². The van der Waals surface area contributed by atoms with E-state index in [0.29, 0.717) is 6.42 Å². The van der Waals surface area contributed by atoms with Crippen LogP contribution >= 0.6 is 0 Å². The summed E-state index contributed by atoms with van der Waals surface area (Å²) < 4.78 is 0. The van der Waals surface area contributed by atoms with Crippen LogP contribution in [0.4, 0.5) is 17.3 Å². The number of nitrogen functional groups attached to an aromatic ring is 1. The average Bonchev–Trinajstić information content (AvgIpc) is 2.26. The number of hydrogen-bond donors (Lipinski definition) is 3. The summed E-state index contributed by atoms with van der Waals surface area (Å²) in [7, 11) is 0. The Morgan fingerprint density at radius 2 is 2.29 bits per heavy atom. The van der Waals surface area contributed by atoms with Gasteiger partial charge in [-0.15, -0.1) is 0 Å². The maximum atomic E-state index is 10.8. The Morgan fingerprint density at radius 3 is 2.82 bits per heavy atom. The van der Waals surface area contributed by atoms with Crippen molar-refractivity contribution in [3.05, 3.63) is 16.4 Å². The number of rotatable bonds is 5. The number of aromatic nitrogens is 2. The Kier molecular flexibility index (Phi) is 3.79. The third kappa shape index (κ3) is 3.25. The number of nitrogens with two attached hydrogens (primary N) is 1. The van der Waals surface area contributed by atoms with Crippen LogP contribution in [-0.2, 0) is 0 Å². The van der Waals surface area contributed by atoms with Gasteiger partial charge in [-0.3, -0.25) is 10.1 Å². The van der Waals surface area contributed by atoms with Crippen LogP contribution in [0.3, 0.4) is 0 Å². The lowest BCUT2D eigenvalue weighted by molar-refractivity contribution is -0.383. The predicted molar refractivity (Wildman–Crippen MR) is 62.5 cm³/mol. The normalized spacial score (nSPS) is 14.1. The molecule has 1 heterocycles. The van der Waals surface area contributed by atoms with Crippen LogP contribution in [0, 0.1) is 10.1 Å². The van der Waals surface area contributed by atoms with Crippen molar-refractivity contribution in [1.29, 1.82) is 0 Å². The van der Waals surface area contributed by atoms with Crippen molar-refractivity contribution in [2.75, 3.05) is 17.6 Å². The van der Waals surface area contributed by atoms with Crippen LogP contribution in [0.25, 0.3) is 0 Å². The molecule has 0 fully saturated rings. The quantitative estimate of drug-likeness (QED) is 0.507. The maximum absolute atomic E-state index is 10.8. The molecule has 0 amide bonds. The van der Waals surface area contributed by atoms with Gasteiger partial charge in [-0.25, -0.2) is 9.97 Å². The summed E-state index contributed by atoms with van der Waals surface area (Å²) in [4.78, 5) is 17.4. The van der Waals surface area contributed by atoms with E-state index in [9.17, 15) is 15.2 Å². The highest BCUT2D eigenvalue weighted by Gasteiger charge is 2.23. The Bertz CT molecular complexity index is 421. The first-order chi connectivity index (χ1) is 7.87. The smallest absolute Gasteiger partial charge is 0.352 e. The van der Waals surface area contributed by atoms with E-state index in [1.807, 2.05) is 6.92 Å². The lowest BCUT2D eigenvalue weighted by Gasteiger charge is -2.21. The molecule has 8 nitrogen and oxygen atoms in total. The molecule has 1 unspecified atom stereocenters. The van der Waals surface area contributed by atoms with Gasteiger partial charge in [0.05, 0.1) is 10.5 Å². The van der Waals surface area contributed by atoms with E-state index in [1.165, 1.54) is 0 Å². The van der Waals surface area contributed by atoms with Crippen LogP contribution in [0.2, 0.25) is 0 Å². The number of nitrogens with zero attached hydrogens (tertiary/aromatic N) is 3. The molecule has 17 heavy (non-hydrogen) atoms. The number of nitro groups is 1. The Hall–Kier alpha value is -1.96. The molecule has 1 aromatic rings. The molecular formula is C9H15N5O3. The number of nitrogens with one attached hydrogen (secondary N) is 1. The lowest BCUT2D eigenvalue weighted by atomic mass is 10.0. The Labute approximate surface area is 98.0 Å². The van der Waals surface area contributed by atoms with E-state index < -0.39 is 10.5 Å². The third-order valence-electron chi connectivity index (χ3n) is 2.43. The number of aliphatic hydroxyl groups is 1. The molecule has 1 atom stereocenters. The standard InChI is InChI=1S/C9H15N5O3/c1-3-9(2,15)4-11-8-6(14(16)17)7(10)12-5-13-8/h5,15H,3-4H2,1-2H3,(H3,10,11,12,13). The molecule has 0 aliphatic rings. The van der Waals surface area contributed by atoms with Crippen molar-refractivity contribution < 1.29 is 10.0 Å². The van der Waals surface area contributed by atoms with Crippen molar-refractivity contribution in [1.82, 2.24) is 9.97 Å². The average molecular weight is 241 g/mol. The first-order valence-electron chi connectivity index (χ1n) is 5.08. The number of hydrogen-bond acceptors (Lipinski definition) is 7. The lowest BCUT2D eigenvalue weighted by Crippen LogP contribution is -2.32. The second-order valence-electron chi connectivity index (χ2n) is 3.92. The fraction of sp³-hybridized carbons (Fsp3) is 0.556. The minimum Gasteiger partial charge on any atom is -0.388 e. The molecule has 0 spiro atoms. The molecule has 0 aliphatic heterocycles. The van der Waals surface area contributed by atoms with Crippen molar-refractivity contribution in [2.45, 2.75) is 25.9 Å². The molecule has 4 N–H and O–H groups in total. The molecule has 1 aromatic heterocycles. The van der Waals surface area contributed by atoms with Gasteiger partial charge in [0.2, 0.25) is 11.6 Å². The minimum absolute atomic E-state index is 0.0104. The zero-order valence-corrected chi connectivity index (χ0v) is 9.67. The van der Waals surface area contributed by atoms with E-state index in [1.54, 1.807) is 6.92 Å². The molecule has 0 saturated heterocycles. The van der Waals surface area contributed by atoms with Gasteiger partial charge >= 0.3 is 5.69 Å². The summed E-state index contributed by atoms with van der Waals surface area (Å²) >= 11 is 0. The van der Waals surface area contributed by atoms with E-state index in [2.05, 4.69) is 15.3 Å². The van der Waals surface area contributed by atoms with Crippen molar-refractivity contribution in [2.24, 2.45) is 0 Å². The molecule has 8 heteroatoms. The summed E-state index contributed by atoms with van der Waals surface area (Å²) in [5.41, 5.74) is 4.06. The Morgan fingerprint density at radius 1 is 1.65 bits per heavy atom. The van der Waals surface area contributed by atoms with Crippen LogP contribution in [0.1, 0.15) is 20.3 Å². The SMILES string of the molecule is CCC(C)(O)CNc1ncnc(N)c1[N+](=O)[O-]. The van der Waals surface area contributed by atoms with E-state index in [0.717, 1.165) is 6.33 Å². The highest BCUT2D eigenvalue weighted by atomic mass is 16.6. The zero-order chi connectivity index (χ0) is 13.1. The third-order valence-corrected chi connectivity index (χ3v) is 2.43. The van der Waals surface area contributed by atoms with Crippen LogP contribution < -0.4 is 11.1 Å². The molecule has 0 radical (unpaired) electrons. The second kappa shape index (κ2) is 4.91. The largest absolute Gasteiger partial charge is 0.388 e. The van der Waals surface area contributed by atoms with E-state index >= 15 is 0 Å². The molecule has 94 valence electrons. The Balaban J connectivity index is 2.92. The maximum Gasteiger partial charge on any atom is 0.352 e. The summed E-state index contributed by atoms with van der Waals surface area (Å²) in [6.45, 7) is 3.57. The van der Waals surface area contributed by atoms with Crippen LogP contribution in [0.5, 0.6) is 0 Å². The van der Waals surface area contributed by atoms with Crippen molar-refractivity contribution in [3.63, 3.8) is 0 Å². The zero-order valence-electron chi connectivity index (χ0n) is 9.67. The monoisotopic (exact) mass is 241 g/mol. The number of anilines is 2. The van der Waals surface area contributed by atoms with Crippen LogP contribution in [-0.4, -0.2) is 32.1 Å². The molecule has 0 bridgehead atoms. The van der Waals surface area contributed by atoms with E-state index in [-0.39, 0.29) is 23.9 Å². The second-order valence-corrected chi connectivity index (χ2v) is 3.92. The predicted octanol–water partition coefficient (Wildman–Crippen LogP) is 0.540. The summed E-state index contributed by atoms with van der Waals surface area (Å²) in [5, 5.41) is 23.3. The summed E-state index contributed by atoms with van der Waals surface area (Å²) in [5.74, 6) is -0.195. The highest BCUT2D eigenvalue weighted by Crippen LogP contribution is 2.26. The van der Waals surface area contributed by atoms with Gasteiger partial charge in [0, 0.05) is 6.54 Å². The van der Waals surface area contributed by atoms with Crippen molar-refractivity contribution >= 4 is 17.3 Å². The minimum atomic E-state index is -0.965.